The quantitative estimate of drug-likeness (QED) is 0.811. The summed E-state index contributed by atoms with van der Waals surface area (Å²) in [5, 5.41) is 0. The van der Waals surface area contributed by atoms with Crippen LogP contribution in [-0.4, -0.2) is 27.5 Å². The van der Waals surface area contributed by atoms with Crippen LogP contribution in [0.25, 0.3) is 5.65 Å². The van der Waals surface area contributed by atoms with Crippen LogP contribution in [-0.2, 0) is 0 Å². The van der Waals surface area contributed by atoms with Crippen LogP contribution in [0.5, 0.6) is 0 Å². The SMILES string of the molecule is CC1CCN(c2ncc(Br)c3nccn23)CC1. The van der Waals surface area contributed by atoms with Crippen molar-refractivity contribution in [2.24, 2.45) is 5.92 Å². The molecule has 0 amide bonds. The Bertz CT molecular complexity index is 528. The number of halogens is 1. The molecule has 0 spiro atoms. The van der Waals surface area contributed by atoms with Gasteiger partial charge in [0.2, 0.25) is 5.95 Å². The second-order valence-electron chi connectivity index (χ2n) is 4.70. The van der Waals surface area contributed by atoms with E-state index in [0.717, 1.165) is 35.1 Å². The van der Waals surface area contributed by atoms with E-state index in [-0.39, 0.29) is 0 Å². The van der Waals surface area contributed by atoms with Gasteiger partial charge in [-0.3, -0.25) is 4.40 Å². The molecule has 2 aromatic rings. The van der Waals surface area contributed by atoms with Gasteiger partial charge >= 0.3 is 0 Å². The first-order valence-corrected chi connectivity index (χ1v) is 6.77. The van der Waals surface area contributed by atoms with Crippen molar-refractivity contribution in [1.82, 2.24) is 14.4 Å². The molecule has 0 saturated carbocycles. The number of hydrogen-bond donors (Lipinski definition) is 0. The average molecular weight is 295 g/mol. The molecule has 1 saturated heterocycles. The number of hydrogen-bond acceptors (Lipinski definition) is 3. The van der Waals surface area contributed by atoms with Crippen molar-refractivity contribution in [1.29, 1.82) is 0 Å². The fourth-order valence-electron chi connectivity index (χ4n) is 2.32. The highest BCUT2D eigenvalue weighted by Crippen LogP contribution is 2.24. The van der Waals surface area contributed by atoms with E-state index in [0.29, 0.717) is 0 Å². The summed E-state index contributed by atoms with van der Waals surface area (Å²) in [6.07, 6.45) is 8.12. The van der Waals surface area contributed by atoms with Crippen LogP contribution in [0, 0.1) is 5.92 Å². The number of fused-ring (bicyclic) bond motifs is 1. The number of piperidine rings is 1. The predicted molar refractivity (Wildman–Crippen MR) is 71.3 cm³/mol. The third kappa shape index (κ3) is 1.92. The molecule has 1 aliphatic heterocycles. The monoisotopic (exact) mass is 294 g/mol. The summed E-state index contributed by atoms with van der Waals surface area (Å²) >= 11 is 3.48. The Balaban J connectivity index is 2.00. The molecular formula is C12H15BrN4. The van der Waals surface area contributed by atoms with Gasteiger partial charge < -0.3 is 4.90 Å². The average Bonchev–Trinajstić information content (AvgIpc) is 2.81. The molecule has 5 heteroatoms. The molecule has 0 aliphatic carbocycles. The van der Waals surface area contributed by atoms with Crippen molar-refractivity contribution in [3.63, 3.8) is 0 Å². The van der Waals surface area contributed by atoms with E-state index < -0.39 is 0 Å². The summed E-state index contributed by atoms with van der Waals surface area (Å²) in [7, 11) is 0. The number of anilines is 1. The Morgan fingerprint density at radius 3 is 2.82 bits per heavy atom. The highest BCUT2D eigenvalue weighted by Gasteiger charge is 2.19. The van der Waals surface area contributed by atoms with E-state index >= 15 is 0 Å². The van der Waals surface area contributed by atoms with Crippen molar-refractivity contribution < 1.29 is 0 Å². The number of nitrogens with zero attached hydrogens (tertiary/aromatic N) is 4. The molecule has 0 N–H and O–H groups in total. The summed E-state index contributed by atoms with van der Waals surface area (Å²) in [4.78, 5) is 11.2. The third-order valence-corrected chi connectivity index (χ3v) is 3.99. The molecule has 17 heavy (non-hydrogen) atoms. The number of aromatic nitrogens is 3. The first-order chi connectivity index (χ1) is 8.25. The first kappa shape index (κ1) is 11.0. The molecule has 1 fully saturated rings. The molecule has 4 nitrogen and oxygen atoms in total. The van der Waals surface area contributed by atoms with E-state index in [1.54, 1.807) is 0 Å². The third-order valence-electron chi connectivity index (χ3n) is 3.43. The minimum absolute atomic E-state index is 0.833. The Morgan fingerprint density at radius 1 is 1.29 bits per heavy atom. The second-order valence-corrected chi connectivity index (χ2v) is 5.55. The molecule has 0 bridgehead atoms. The van der Waals surface area contributed by atoms with E-state index in [1.165, 1.54) is 12.8 Å². The maximum atomic E-state index is 4.53. The van der Waals surface area contributed by atoms with Crippen molar-refractivity contribution in [2.75, 3.05) is 18.0 Å². The number of imidazole rings is 1. The Labute approximate surface area is 109 Å². The minimum Gasteiger partial charge on any atom is -0.342 e. The summed E-state index contributed by atoms with van der Waals surface area (Å²) in [6.45, 7) is 4.49. The normalized spacial score (nSPS) is 17.9. The Hall–Kier alpha value is -1.10. The largest absolute Gasteiger partial charge is 0.342 e. The predicted octanol–water partition coefficient (Wildman–Crippen LogP) is 2.73. The summed E-state index contributed by atoms with van der Waals surface area (Å²) in [6, 6.07) is 0. The van der Waals surface area contributed by atoms with Gasteiger partial charge in [-0.2, -0.15) is 0 Å². The zero-order valence-electron chi connectivity index (χ0n) is 9.80. The Morgan fingerprint density at radius 2 is 2.06 bits per heavy atom. The van der Waals surface area contributed by atoms with Gasteiger partial charge in [0, 0.05) is 31.7 Å². The van der Waals surface area contributed by atoms with Crippen LogP contribution in [0.3, 0.4) is 0 Å². The van der Waals surface area contributed by atoms with Crippen LogP contribution in [0.4, 0.5) is 5.95 Å². The smallest absolute Gasteiger partial charge is 0.211 e. The fourth-order valence-corrected chi connectivity index (χ4v) is 2.71. The van der Waals surface area contributed by atoms with E-state index in [1.807, 2.05) is 18.6 Å². The van der Waals surface area contributed by atoms with Gasteiger partial charge in [0.05, 0.1) is 4.47 Å². The van der Waals surface area contributed by atoms with Gasteiger partial charge in [0.25, 0.3) is 0 Å². The zero-order valence-corrected chi connectivity index (χ0v) is 11.4. The lowest BCUT2D eigenvalue weighted by molar-refractivity contribution is 0.433. The van der Waals surface area contributed by atoms with Crippen LogP contribution >= 0.6 is 15.9 Å². The molecule has 0 unspecified atom stereocenters. The van der Waals surface area contributed by atoms with Gasteiger partial charge in [-0.1, -0.05) is 6.92 Å². The summed E-state index contributed by atoms with van der Waals surface area (Å²) in [5.41, 5.74) is 0.939. The molecule has 0 atom stereocenters. The lowest BCUT2D eigenvalue weighted by Crippen LogP contribution is -2.34. The Kier molecular flexibility index (Phi) is 2.78. The van der Waals surface area contributed by atoms with Crippen molar-refractivity contribution >= 4 is 27.5 Å². The highest BCUT2D eigenvalue weighted by atomic mass is 79.9. The van der Waals surface area contributed by atoms with Crippen LogP contribution < -0.4 is 4.90 Å². The highest BCUT2D eigenvalue weighted by molar-refractivity contribution is 9.10. The summed E-state index contributed by atoms with van der Waals surface area (Å²) in [5.74, 6) is 1.84. The first-order valence-electron chi connectivity index (χ1n) is 5.98. The fraction of sp³-hybridized carbons (Fsp3) is 0.500. The molecule has 2 aromatic heterocycles. The molecular weight excluding hydrogens is 280 g/mol. The van der Waals surface area contributed by atoms with Gasteiger partial charge in [-0.25, -0.2) is 9.97 Å². The van der Waals surface area contributed by atoms with Gasteiger partial charge in [0.1, 0.15) is 0 Å². The van der Waals surface area contributed by atoms with E-state index in [4.69, 9.17) is 0 Å². The molecule has 90 valence electrons. The van der Waals surface area contributed by atoms with Gasteiger partial charge in [-0.05, 0) is 34.7 Å². The van der Waals surface area contributed by atoms with Crippen molar-refractivity contribution in [3.8, 4) is 0 Å². The summed E-state index contributed by atoms with van der Waals surface area (Å²) < 4.78 is 3.00. The minimum atomic E-state index is 0.833. The zero-order chi connectivity index (χ0) is 11.8. The lowest BCUT2D eigenvalue weighted by Gasteiger charge is -2.31. The number of rotatable bonds is 1. The van der Waals surface area contributed by atoms with E-state index in [9.17, 15) is 0 Å². The maximum absolute atomic E-state index is 4.53. The topological polar surface area (TPSA) is 33.4 Å². The van der Waals surface area contributed by atoms with Gasteiger partial charge in [-0.15, -0.1) is 0 Å². The molecule has 1 aliphatic rings. The lowest BCUT2D eigenvalue weighted by atomic mass is 10.00. The van der Waals surface area contributed by atoms with Crippen LogP contribution in [0.15, 0.2) is 23.1 Å². The van der Waals surface area contributed by atoms with Crippen molar-refractivity contribution in [2.45, 2.75) is 19.8 Å². The van der Waals surface area contributed by atoms with E-state index in [2.05, 4.69) is 42.1 Å². The van der Waals surface area contributed by atoms with Gasteiger partial charge in [0.15, 0.2) is 5.65 Å². The van der Waals surface area contributed by atoms with Crippen LogP contribution in [0.1, 0.15) is 19.8 Å². The molecule has 0 radical (unpaired) electrons. The second kappa shape index (κ2) is 4.29. The van der Waals surface area contributed by atoms with Crippen LogP contribution in [0.2, 0.25) is 0 Å². The van der Waals surface area contributed by atoms with Crippen molar-refractivity contribution in [3.05, 3.63) is 23.1 Å². The molecule has 0 aromatic carbocycles. The standard InChI is InChI=1S/C12H15BrN4/c1-9-2-5-16(6-3-9)12-15-8-10(13)11-14-4-7-17(11)12/h4,7-9H,2-3,5-6H2,1H3. The molecule has 3 heterocycles. The molecule has 3 rings (SSSR count). The maximum Gasteiger partial charge on any atom is 0.211 e.